The van der Waals surface area contributed by atoms with Gasteiger partial charge in [-0.3, -0.25) is 5.32 Å². The number of carbonyl (C=O) groups is 1. The van der Waals surface area contributed by atoms with Crippen LogP contribution in [0.15, 0.2) is 48.5 Å². The Bertz CT molecular complexity index is 924. The molecule has 0 bridgehead atoms. The van der Waals surface area contributed by atoms with Gasteiger partial charge in [0.25, 0.3) is 5.60 Å². The van der Waals surface area contributed by atoms with Gasteiger partial charge in [-0.25, -0.2) is 4.79 Å². The summed E-state index contributed by atoms with van der Waals surface area (Å²) < 4.78 is 46.9. The summed E-state index contributed by atoms with van der Waals surface area (Å²) in [4.78, 5) is 11.8. The molecular weight excluding hydrogens is 343 g/mol. The monoisotopic (exact) mass is 357 g/mol. The van der Waals surface area contributed by atoms with E-state index in [-0.39, 0.29) is 17.2 Å². The lowest BCUT2D eigenvalue weighted by Crippen LogP contribution is -2.49. The van der Waals surface area contributed by atoms with E-state index in [2.05, 4.69) is 17.2 Å². The lowest BCUT2D eigenvalue weighted by molar-refractivity contribution is -0.239. The van der Waals surface area contributed by atoms with Crippen molar-refractivity contribution in [1.29, 1.82) is 0 Å². The van der Waals surface area contributed by atoms with Crippen LogP contribution in [0.4, 0.5) is 23.7 Å². The van der Waals surface area contributed by atoms with Gasteiger partial charge in [0.2, 0.25) is 0 Å². The topological polar surface area (TPSA) is 38.3 Å². The summed E-state index contributed by atoms with van der Waals surface area (Å²) in [6.45, 7) is 0. The summed E-state index contributed by atoms with van der Waals surface area (Å²) in [5.41, 5.74) is -1.75. The average Bonchev–Trinajstić information content (AvgIpc) is 3.43. The van der Waals surface area contributed by atoms with Crippen LogP contribution in [-0.4, -0.2) is 12.3 Å². The number of cyclic esters (lactones) is 1. The Labute approximate surface area is 148 Å². The Morgan fingerprint density at radius 1 is 1.08 bits per heavy atom. The third-order valence-corrected chi connectivity index (χ3v) is 4.42. The Kier molecular flexibility index (Phi) is 3.69. The number of alkyl halides is 3. The molecule has 1 fully saturated rings. The van der Waals surface area contributed by atoms with E-state index in [0.717, 1.165) is 18.4 Å². The van der Waals surface area contributed by atoms with Crippen LogP contribution in [0.1, 0.15) is 18.4 Å². The predicted molar refractivity (Wildman–Crippen MR) is 90.2 cm³/mol. The summed E-state index contributed by atoms with van der Waals surface area (Å²) in [5, 5.41) is 2.34. The van der Waals surface area contributed by atoms with E-state index in [1.807, 2.05) is 6.07 Å². The van der Waals surface area contributed by atoms with Crippen LogP contribution < -0.4 is 5.32 Å². The van der Waals surface area contributed by atoms with Crippen LogP contribution >= 0.6 is 0 Å². The number of rotatable bonds is 1. The van der Waals surface area contributed by atoms with Crippen molar-refractivity contribution >= 4 is 11.8 Å². The van der Waals surface area contributed by atoms with Gasteiger partial charge >= 0.3 is 12.3 Å². The molecule has 132 valence electrons. The average molecular weight is 357 g/mol. The first-order valence-corrected chi connectivity index (χ1v) is 8.18. The van der Waals surface area contributed by atoms with E-state index in [0.29, 0.717) is 5.56 Å². The lowest BCUT2D eigenvalue weighted by atomic mass is 9.87. The third-order valence-electron chi connectivity index (χ3n) is 4.42. The summed E-state index contributed by atoms with van der Waals surface area (Å²) in [5.74, 6) is 4.80. The maximum absolute atomic E-state index is 14.0. The van der Waals surface area contributed by atoms with E-state index in [1.54, 1.807) is 30.3 Å². The summed E-state index contributed by atoms with van der Waals surface area (Å²) in [6.07, 6.45) is -4.49. The molecule has 1 amide bonds. The third kappa shape index (κ3) is 2.80. The van der Waals surface area contributed by atoms with E-state index in [9.17, 15) is 18.0 Å². The number of nitrogens with one attached hydrogen (secondary N) is 1. The Hall–Kier alpha value is -2.94. The lowest BCUT2D eigenvalue weighted by Gasteiger charge is -2.36. The zero-order chi connectivity index (χ0) is 18.4. The van der Waals surface area contributed by atoms with E-state index in [4.69, 9.17) is 4.74 Å². The van der Waals surface area contributed by atoms with Gasteiger partial charge in [0.15, 0.2) is 0 Å². The van der Waals surface area contributed by atoms with Crippen LogP contribution in [0.5, 0.6) is 0 Å². The summed E-state index contributed by atoms with van der Waals surface area (Å²) >= 11 is 0. The number of halogens is 3. The van der Waals surface area contributed by atoms with Crippen molar-refractivity contribution in [2.24, 2.45) is 5.92 Å². The van der Waals surface area contributed by atoms with Crippen molar-refractivity contribution in [3.8, 4) is 23.0 Å². The van der Waals surface area contributed by atoms with Crippen molar-refractivity contribution in [1.82, 2.24) is 0 Å². The van der Waals surface area contributed by atoms with Gasteiger partial charge in [0, 0.05) is 11.5 Å². The smallest absolute Gasteiger partial charge is 0.415 e. The molecule has 26 heavy (non-hydrogen) atoms. The molecule has 1 aliphatic carbocycles. The molecule has 2 aromatic rings. The van der Waals surface area contributed by atoms with Gasteiger partial charge in [0.1, 0.15) is 0 Å². The zero-order valence-corrected chi connectivity index (χ0v) is 13.6. The first-order valence-electron chi connectivity index (χ1n) is 8.18. The summed E-state index contributed by atoms with van der Waals surface area (Å²) in [7, 11) is 0. The second kappa shape index (κ2) is 5.80. The van der Waals surface area contributed by atoms with Crippen molar-refractivity contribution < 1.29 is 22.7 Å². The molecule has 0 radical (unpaired) electrons. The molecule has 0 unspecified atom stereocenters. The fourth-order valence-electron chi connectivity index (χ4n) is 2.89. The molecular formula is C20H14F3NO2. The molecule has 0 saturated heterocycles. The number of amides is 1. The predicted octanol–water partition coefficient (Wildman–Crippen LogP) is 5.09. The highest BCUT2D eigenvalue weighted by molar-refractivity contribution is 5.90. The minimum atomic E-state index is -4.86. The molecule has 1 saturated carbocycles. The molecule has 1 heterocycles. The number of carbonyl (C=O) groups excluding carboxylic acids is 1. The Morgan fingerprint density at radius 2 is 1.81 bits per heavy atom. The fourth-order valence-corrected chi connectivity index (χ4v) is 2.89. The first kappa shape index (κ1) is 16.5. The number of benzene rings is 2. The number of anilines is 1. The Morgan fingerprint density at radius 3 is 2.46 bits per heavy atom. The standard InChI is InChI=1S/C20H14F3NO2/c21-20(22,23)19(11-10-13-6-7-13)16-12-15(14-4-2-1-3-5-14)8-9-17(16)24-18(25)26-19/h1-5,8-9,12-13H,6-7H2,(H,24,25)/t19-/m0/s1. The van der Waals surface area contributed by atoms with Crippen LogP contribution in [0.2, 0.25) is 0 Å². The molecule has 0 spiro atoms. The summed E-state index contributed by atoms with van der Waals surface area (Å²) in [6, 6.07) is 13.5. The van der Waals surface area contributed by atoms with Gasteiger partial charge in [-0.05, 0) is 42.0 Å². The van der Waals surface area contributed by atoms with Crippen LogP contribution in [0.3, 0.4) is 0 Å². The van der Waals surface area contributed by atoms with Crippen molar-refractivity contribution in [2.75, 3.05) is 5.32 Å². The second-order valence-corrected chi connectivity index (χ2v) is 6.36. The molecule has 3 nitrogen and oxygen atoms in total. The highest BCUT2D eigenvalue weighted by Gasteiger charge is 2.62. The van der Waals surface area contributed by atoms with Crippen molar-refractivity contribution in [3.05, 3.63) is 54.1 Å². The highest BCUT2D eigenvalue weighted by atomic mass is 19.4. The molecule has 4 rings (SSSR count). The minimum absolute atomic E-state index is 0.0587. The largest absolute Gasteiger partial charge is 0.445 e. The number of fused-ring (bicyclic) bond motifs is 1. The first-order chi connectivity index (χ1) is 12.4. The maximum Gasteiger partial charge on any atom is 0.445 e. The second-order valence-electron chi connectivity index (χ2n) is 6.36. The van der Waals surface area contributed by atoms with E-state index in [1.165, 1.54) is 12.1 Å². The molecule has 1 atom stereocenters. The van der Waals surface area contributed by atoms with Gasteiger partial charge in [-0.1, -0.05) is 42.3 Å². The van der Waals surface area contributed by atoms with E-state index < -0.39 is 17.9 Å². The maximum atomic E-state index is 14.0. The molecule has 1 N–H and O–H groups in total. The van der Waals surface area contributed by atoms with Crippen LogP contribution in [-0.2, 0) is 10.3 Å². The van der Waals surface area contributed by atoms with Crippen molar-refractivity contribution in [3.63, 3.8) is 0 Å². The SMILES string of the molecule is O=C1Nc2ccc(-c3ccccc3)cc2[C@@](C#CC2CC2)(C(F)(F)F)O1. The van der Waals surface area contributed by atoms with Gasteiger partial charge in [-0.15, -0.1) is 0 Å². The molecule has 0 aromatic heterocycles. The molecule has 6 heteroatoms. The highest BCUT2D eigenvalue weighted by Crippen LogP contribution is 2.48. The molecule has 1 aliphatic heterocycles. The van der Waals surface area contributed by atoms with Crippen LogP contribution in [0.25, 0.3) is 11.1 Å². The number of ether oxygens (including phenoxy) is 1. The van der Waals surface area contributed by atoms with Gasteiger partial charge < -0.3 is 4.74 Å². The van der Waals surface area contributed by atoms with Gasteiger partial charge in [-0.2, -0.15) is 13.2 Å². The molecule has 2 aromatic carbocycles. The van der Waals surface area contributed by atoms with E-state index >= 15 is 0 Å². The van der Waals surface area contributed by atoms with Crippen molar-refractivity contribution in [2.45, 2.75) is 24.6 Å². The Balaban J connectivity index is 1.92. The molecule has 2 aliphatic rings. The number of hydrogen-bond donors (Lipinski definition) is 1. The quantitative estimate of drug-likeness (QED) is 0.722. The normalized spacial score (nSPS) is 21.7. The van der Waals surface area contributed by atoms with Gasteiger partial charge in [0.05, 0.1) is 5.69 Å². The zero-order valence-electron chi connectivity index (χ0n) is 13.6. The number of hydrogen-bond acceptors (Lipinski definition) is 2. The minimum Gasteiger partial charge on any atom is -0.415 e. The fraction of sp³-hybridized carbons (Fsp3) is 0.250. The van der Waals surface area contributed by atoms with Crippen LogP contribution in [0, 0.1) is 17.8 Å².